The van der Waals surface area contributed by atoms with E-state index in [2.05, 4.69) is 0 Å². The van der Waals surface area contributed by atoms with Crippen molar-refractivity contribution in [2.45, 2.75) is 6.04 Å². The molecule has 0 spiro atoms. The molecule has 0 saturated carbocycles. The standard InChI is InChI=1S/C26H26N2O4/c1-27(2)14-15-28-23(20-10-6-7-11-21(20)32-3)22(25(30)26(28)31)24(29)19-13-12-17-8-4-5-9-18(17)16-19/h4-13,16,23,29H,14-15H2,1-3H3/b24-22+. The zero-order valence-corrected chi connectivity index (χ0v) is 18.4. The number of hydrogen-bond donors (Lipinski definition) is 1. The van der Waals surface area contributed by atoms with E-state index in [-0.39, 0.29) is 11.3 Å². The number of carbonyl (C=O) groups excluding carboxylic acids is 2. The Morgan fingerprint density at radius 2 is 1.69 bits per heavy atom. The Balaban J connectivity index is 1.90. The van der Waals surface area contributed by atoms with Gasteiger partial charge in [-0.3, -0.25) is 9.59 Å². The van der Waals surface area contributed by atoms with Gasteiger partial charge in [-0.05, 0) is 37.0 Å². The Hall–Kier alpha value is -3.64. The van der Waals surface area contributed by atoms with E-state index < -0.39 is 17.7 Å². The smallest absolute Gasteiger partial charge is 0.295 e. The van der Waals surface area contributed by atoms with Crippen molar-refractivity contribution in [3.05, 3.63) is 83.4 Å². The molecular formula is C26H26N2O4. The largest absolute Gasteiger partial charge is 0.507 e. The number of likely N-dealkylation sites (tertiary alicyclic amines) is 1. The van der Waals surface area contributed by atoms with Crippen LogP contribution >= 0.6 is 0 Å². The fraction of sp³-hybridized carbons (Fsp3) is 0.231. The van der Waals surface area contributed by atoms with Crippen LogP contribution in [0.3, 0.4) is 0 Å². The van der Waals surface area contributed by atoms with Gasteiger partial charge in [0.05, 0.1) is 18.7 Å². The molecule has 0 bridgehead atoms. The van der Waals surface area contributed by atoms with Crippen molar-refractivity contribution in [1.82, 2.24) is 9.80 Å². The topological polar surface area (TPSA) is 70.1 Å². The molecule has 1 amide bonds. The van der Waals surface area contributed by atoms with Gasteiger partial charge in [0.1, 0.15) is 11.5 Å². The molecule has 6 heteroatoms. The van der Waals surface area contributed by atoms with Crippen LogP contribution in [0.2, 0.25) is 0 Å². The lowest BCUT2D eigenvalue weighted by atomic mass is 9.94. The number of likely N-dealkylation sites (N-methyl/N-ethyl adjacent to an activating group) is 1. The summed E-state index contributed by atoms with van der Waals surface area (Å²) in [5.74, 6) is -0.938. The molecule has 1 heterocycles. The first-order chi connectivity index (χ1) is 15.4. The number of aliphatic hydroxyl groups is 1. The van der Waals surface area contributed by atoms with Crippen molar-refractivity contribution >= 4 is 28.2 Å². The number of nitrogens with zero attached hydrogens (tertiary/aromatic N) is 2. The summed E-state index contributed by atoms with van der Waals surface area (Å²) in [7, 11) is 5.36. The highest BCUT2D eigenvalue weighted by molar-refractivity contribution is 6.46. The number of ketones is 1. The third-order valence-corrected chi connectivity index (χ3v) is 5.78. The molecule has 3 aromatic rings. The van der Waals surface area contributed by atoms with E-state index in [1.54, 1.807) is 19.2 Å². The van der Waals surface area contributed by atoms with Gasteiger partial charge in [-0.2, -0.15) is 0 Å². The lowest BCUT2D eigenvalue weighted by Crippen LogP contribution is -2.35. The van der Waals surface area contributed by atoms with Gasteiger partial charge in [0, 0.05) is 24.2 Å². The number of aliphatic hydroxyl groups excluding tert-OH is 1. The molecule has 6 nitrogen and oxygen atoms in total. The Kier molecular flexibility index (Phi) is 5.97. The molecule has 164 valence electrons. The third kappa shape index (κ3) is 3.85. The van der Waals surface area contributed by atoms with Crippen molar-refractivity contribution in [3.8, 4) is 5.75 Å². The Bertz CT molecular complexity index is 1220. The van der Waals surface area contributed by atoms with Crippen molar-refractivity contribution in [2.75, 3.05) is 34.3 Å². The lowest BCUT2D eigenvalue weighted by molar-refractivity contribution is -0.140. The van der Waals surface area contributed by atoms with Crippen molar-refractivity contribution in [2.24, 2.45) is 0 Å². The van der Waals surface area contributed by atoms with E-state index in [4.69, 9.17) is 4.74 Å². The van der Waals surface area contributed by atoms with Crippen LogP contribution in [-0.4, -0.2) is 60.9 Å². The SMILES string of the molecule is COc1ccccc1C1/C(=C(\O)c2ccc3ccccc3c2)C(=O)C(=O)N1CCN(C)C. The highest BCUT2D eigenvalue weighted by Crippen LogP contribution is 2.42. The lowest BCUT2D eigenvalue weighted by Gasteiger charge is -2.27. The van der Waals surface area contributed by atoms with E-state index in [1.807, 2.05) is 73.6 Å². The highest BCUT2D eigenvalue weighted by Gasteiger charge is 2.46. The van der Waals surface area contributed by atoms with E-state index >= 15 is 0 Å². The van der Waals surface area contributed by atoms with Gasteiger partial charge in [-0.25, -0.2) is 0 Å². The molecule has 1 fully saturated rings. The quantitative estimate of drug-likeness (QED) is 0.366. The summed E-state index contributed by atoms with van der Waals surface area (Å²) < 4.78 is 5.53. The first-order valence-electron chi connectivity index (χ1n) is 10.5. The van der Waals surface area contributed by atoms with Crippen LogP contribution in [0.5, 0.6) is 5.75 Å². The second-order valence-electron chi connectivity index (χ2n) is 8.10. The molecule has 1 saturated heterocycles. The van der Waals surface area contributed by atoms with E-state index in [1.165, 1.54) is 4.90 Å². The van der Waals surface area contributed by atoms with Crippen LogP contribution in [0.1, 0.15) is 17.2 Å². The molecule has 1 N–H and O–H groups in total. The first kappa shape index (κ1) is 21.6. The third-order valence-electron chi connectivity index (χ3n) is 5.78. The molecule has 0 aromatic heterocycles. The predicted octanol–water partition coefficient (Wildman–Crippen LogP) is 3.83. The summed E-state index contributed by atoms with van der Waals surface area (Å²) >= 11 is 0. The highest BCUT2D eigenvalue weighted by atomic mass is 16.5. The van der Waals surface area contributed by atoms with Gasteiger partial charge in [0.25, 0.3) is 11.7 Å². The number of methoxy groups -OCH3 is 1. The fourth-order valence-corrected chi connectivity index (χ4v) is 4.13. The summed E-state index contributed by atoms with van der Waals surface area (Å²) in [6.45, 7) is 0.920. The zero-order chi connectivity index (χ0) is 22.8. The summed E-state index contributed by atoms with van der Waals surface area (Å²) in [6, 6.07) is 19.8. The van der Waals surface area contributed by atoms with Crippen LogP contribution in [0.15, 0.2) is 72.3 Å². The minimum absolute atomic E-state index is 0.0773. The van der Waals surface area contributed by atoms with Gasteiger partial charge in [0.15, 0.2) is 0 Å². The summed E-state index contributed by atoms with van der Waals surface area (Å²) in [5, 5.41) is 13.2. The van der Waals surface area contributed by atoms with E-state index in [0.717, 1.165) is 10.8 Å². The predicted molar refractivity (Wildman–Crippen MR) is 125 cm³/mol. The van der Waals surface area contributed by atoms with Crippen LogP contribution in [0, 0.1) is 0 Å². The summed E-state index contributed by atoms with van der Waals surface area (Å²) in [6.07, 6.45) is 0. The maximum absolute atomic E-state index is 13.2. The zero-order valence-electron chi connectivity index (χ0n) is 18.4. The molecule has 4 rings (SSSR count). The molecule has 1 atom stereocenters. The van der Waals surface area contributed by atoms with Gasteiger partial charge in [-0.15, -0.1) is 0 Å². The molecule has 3 aromatic carbocycles. The number of hydrogen-bond acceptors (Lipinski definition) is 5. The van der Waals surface area contributed by atoms with E-state index in [9.17, 15) is 14.7 Å². The minimum Gasteiger partial charge on any atom is -0.507 e. The van der Waals surface area contributed by atoms with E-state index in [0.29, 0.717) is 30.0 Å². The summed E-state index contributed by atoms with van der Waals surface area (Å²) in [4.78, 5) is 29.7. The van der Waals surface area contributed by atoms with Crippen molar-refractivity contribution in [3.63, 3.8) is 0 Å². The van der Waals surface area contributed by atoms with Gasteiger partial charge in [-0.1, -0.05) is 54.6 Å². The number of fused-ring (bicyclic) bond motifs is 1. The first-order valence-corrected chi connectivity index (χ1v) is 10.5. The number of para-hydroxylation sites is 1. The normalized spacial score (nSPS) is 18.0. The Labute approximate surface area is 187 Å². The van der Waals surface area contributed by atoms with Gasteiger partial charge >= 0.3 is 0 Å². The molecule has 1 unspecified atom stereocenters. The second kappa shape index (κ2) is 8.85. The van der Waals surface area contributed by atoms with Gasteiger partial charge < -0.3 is 19.6 Å². The minimum atomic E-state index is -0.738. The Morgan fingerprint density at radius 3 is 2.41 bits per heavy atom. The number of Topliss-reactive ketones (excluding diaryl/α,β-unsaturated/α-hetero) is 1. The second-order valence-corrected chi connectivity index (χ2v) is 8.10. The van der Waals surface area contributed by atoms with Crippen molar-refractivity contribution in [1.29, 1.82) is 0 Å². The number of amides is 1. The van der Waals surface area contributed by atoms with Crippen molar-refractivity contribution < 1.29 is 19.4 Å². The number of benzene rings is 3. The molecule has 1 aliphatic heterocycles. The number of rotatable bonds is 6. The Morgan fingerprint density at radius 1 is 1.00 bits per heavy atom. The van der Waals surface area contributed by atoms with Crippen LogP contribution in [-0.2, 0) is 9.59 Å². The van der Waals surface area contributed by atoms with Crippen LogP contribution in [0.4, 0.5) is 0 Å². The average Bonchev–Trinajstić information content (AvgIpc) is 3.06. The summed E-state index contributed by atoms with van der Waals surface area (Å²) in [5.41, 5.74) is 1.23. The molecule has 32 heavy (non-hydrogen) atoms. The molecule has 0 aliphatic carbocycles. The fourth-order valence-electron chi connectivity index (χ4n) is 4.13. The molecule has 0 radical (unpaired) electrons. The van der Waals surface area contributed by atoms with Crippen LogP contribution in [0.25, 0.3) is 16.5 Å². The molecule has 1 aliphatic rings. The average molecular weight is 431 g/mol. The van der Waals surface area contributed by atoms with Crippen LogP contribution < -0.4 is 4.74 Å². The number of ether oxygens (including phenoxy) is 1. The van der Waals surface area contributed by atoms with Gasteiger partial charge in [0.2, 0.25) is 0 Å². The maximum atomic E-state index is 13.2. The monoisotopic (exact) mass is 430 g/mol. The number of carbonyl (C=O) groups is 2. The molecular weight excluding hydrogens is 404 g/mol. The maximum Gasteiger partial charge on any atom is 0.295 e.